The van der Waals surface area contributed by atoms with Crippen LogP contribution in [-0.4, -0.2) is 32.2 Å². The number of benzene rings is 1. The molecule has 0 unspecified atom stereocenters. The van der Waals surface area contributed by atoms with Crippen LogP contribution in [0.1, 0.15) is 40.7 Å². The van der Waals surface area contributed by atoms with Gasteiger partial charge in [-0.2, -0.15) is 0 Å². The van der Waals surface area contributed by atoms with Crippen molar-refractivity contribution in [3.63, 3.8) is 0 Å². The van der Waals surface area contributed by atoms with E-state index < -0.39 is 11.6 Å². The smallest absolute Gasteiger partial charge is 0.351 e. The Balaban J connectivity index is 1.68. The SMILES string of the molecule is [N-]=[N+]=NCCCOC(=O)c1cc2cc3c4c(c2oc1=O)CCCN4CCC3. The molecule has 8 nitrogen and oxygen atoms in total. The highest BCUT2D eigenvalue weighted by Crippen LogP contribution is 2.39. The molecule has 27 heavy (non-hydrogen) atoms. The Morgan fingerprint density at radius 3 is 2.93 bits per heavy atom. The summed E-state index contributed by atoms with van der Waals surface area (Å²) in [7, 11) is 0. The fourth-order valence-electron chi connectivity index (χ4n) is 4.01. The topological polar surface area (TPSA) is 109 Å². The number of anilines is 1. The molecule has 0 atom stereocenters. The zero-order valence-electron chi connectivity index (χ0n) is 14.9. The summed E-state index contributed by atoms with van der Waals surface area (Å²) in [5, 5.41) is 4.15. The van der Waals surface area contributed by atoms with E-state index in [1.54, 1.807) is 6.07 Å². The largest absolute Gasteiger partial charge is 0.462 e. The highest BCUT2D eigenvalue weighted by molar-refractivity contribution is 5.95. The van der Waals surface area contributed by atoms with Gasteiger partial charge in [0.1, 0.15) is 11.1 Å². The number of esters is 1. The zero-order valence-corrected chi connectivity index (χ0v) is 14.9. The normalized spacial score (nSPS) is 15.2. The Morgan fingerprint density at radius 2 is 2.11 bits per heavy atom. The van der Waals surface area contributed by atoms with Crippen molar-refractivity contribution >= 4 is 22.6 Å². The van der Waals surface area contributed by atoms with Gasteiger partial charge in [0.15, 0.2) is 0 Å². The summed E-state index contributed by atoms with van der Waals surface area (Å²) in [6.07, 6.45) is 4.41. The van der Waals surface area contributed by atoms with Crippen LogP contribution in [0, 0.1) is 0 Å². The molecule has 4 rings (SSSR count). The van der Waals surface area contributed by atoms with Gasteiger partial charge in [0, 0.05) is 41.2 Å². The van der Waals surface area contributed by atoms with E-state index in [0.717, 1.165) is 49.7 Å². The van der Waals surface area contributed by atoms with Crippen molar-refractivity contribution in [3.8, 4) is 0 Å². The fraction of sp³-hybridized carbons (Fsp3) is 0.474. The minimum absolute atomic E-state index is 0.0831. The van der Waals surface area contributed by atoms with Gasteiger partial charge in [-0.25, -0.2) is 9.59 Å². The van der Waals surface area contributed by atoms with Gasteiger partial charge in [-0.05, 0) is 55.3 Å². The van der Waals surface area contributed by atoms with Crippen LogP contribution < -0.4 is 10.5 Å². The van der Waals surface area contributed by atoms with Crippen molar-refractivity contribution in [2.24, 2.45) is 5.11 Å². The summed E-state index contributed by atoms with van der Waals surface area (Å²) in [4.78, 5) is 29.7. The van der Waals surface area contributed by atoms with Gasteiger partial charge in [-0.15, -0.1) is 0 Å². The summed E-state index contributed by atoms with van der Waals surface area (Å²) in [6, 6.07) is 3.62. The maximum Gasteiger partial charge on any atom is 0.351 e. The second kappa shape index (κ2) is 7.32. The Labute approximate surface area is 155 Å². The van der Waals surface area contributed by atoms with E-state index in [0.29, 0.717) is 12.0 Å². The molecule has 0 aliphatic carbocycles. The first-order valence-corrected chi connectivity index (χ1v) is 9.24. The first-order chi connectivity index (χ1) is 13.2. The number of aryl methyl sites for hydroxylation is 2. The molecule has 0 saturated carbocycles. The van der Waals surface area contributed by atoms with Crippen LogP contribution in [0.25, 0.3) is 21.4 Å². The van der Waals surface area contributed by atoms with Gasteiger partial charge >= 0.3 is 11.6 Å². The van der Waals surface area contributed by atoms with E-state index in [9.17, 15) is 9.59 Å². The van der Waals surface area contributed by atoms with Crippen LogP contribution in [0.5, 0.6) is 0 Å². The molecule has 2 aliphatic rings. The maximum atomic E-state index is 12.4. The number of carbonyl (C=O) groups is 1. The van der Waals surface area contributed by atoms with Gasteiger partial charge in [0.05, 0.1) is 6.61 Å². The third-order valence-electron chi connectivity index (χ3n) is 5.13. The Hall–Kier alpha value is -2.99. The molecule has 3 heterocycles. The molecule has 1 aromatic heterocycles. The second-order valence-electron chi connectivity index (χ2n) is 6.87. The number of fused-ring (bicyclic) bond motifs is 2. The molecule has 0 radical (unpaired) electrons. The first-order valence-electron chi connectivity index (χ1n) is 9.24. The number of nitrogens with zero attached hydrogens (tertiary/aromatic N) is 4. The van der Waals surface area contributed by atoms with Crippen molar-refractivity contribution in [2.45, 2.75) is 32.1 Å². The second-order valence-corrected chi connectivity index (χ2v) is 6.87. The average Bonchev–Trinajstić information content (AvgIpc) is 2.68. The molecule has 0 bridgehead atoms. The molecule has 0 amide bonds. The Morgan fingerprint density at radius 1 is 1.30 bits per heavy atom. The third-order valence-corrected chi connectivity index (χ3v) is 5.13. The van der Waals surface area contributed by atoms with Gasteiger partial charge in [-0.3, -0.25) is 0 Å². The molecule has 8 heteroatoms. The highest BCUT2D eigenvalue weighted by atomic mass is 16.5. The maximum absolute atomic E-state index is 12.4. The Kier molecular flexibility index (Phi) is 4.73. The molecule has 1 aromatic carbocycles. The lowest BCUT2D eigenvalue weighted by Gasteiger charge is -2.37. The van der Waals surface area contributed by atoms with Crippen LogP contribution in [0.2, 0.25) is 0 Å². The van der Waals surface area contributed by atoms with Crippen molar-refractivity contribution in [1.29, 1.82) is 0 Å². The molecule has 0 spiro atoms. The van der Waals surface area contributed by atoms with Crippen LogP contribution in [-0.2, 0) is 17.6 Å². The number of ether oxygens (including phenoxy) is 1. The van der Waals surface area contributed by atoms with E-state index in [2.05, 4.69) is 14.9 Å². The Bertz CT molecular complexity index is 1000. The third kappa shape index (κ3) is 3.24. The molecule has 2 aliphatic heterocycles. The molecule has 0 fully saturated rings. The van der Waals surface area contributed by atoms with Gasteiger partial charge in [0.2, 0.25) is 0 Å². The standard InChI is InChI=1S/C19H20N4O4/c20-22-21-6-3-9-26-18(24)15-11-13-10-12-4-1-7-23-8-2-5-14(16(12)23)17(13)27-19(15)25/h10-11H,1-9H2. The molecule has 140 valence electrons. The molecule has 0 saturated heterocycles. The molecule has 0 N–H and O–H groups in total. The summed E-state index contributed by atoms with van der Waals surface area (Å²) in [5.74, 6) is -0.709. The van der Waals surface area contributed by atoms with E-state index in [1.807, 2.05) is 6.07 Å². The summed E-state index contributed by atoms with van der Waals surface area (Å²) >= 11 is 0. The lowest BCUT2D eigenvalue weighted by molar-refractivity contribution is 0.0498. The number of hydrogen-bond acceptors (Lipinski definition) is 6. The summed E-state index contributed by atoms with van der Waals surface area (Å²) in [5.41, 5.74) is 11.6. The highest BCUT2D eigenvalue weighted by Gasteiger charge is 2.27. The van der Waals surface area contributed by atoms with E-state index in [1.165, 1.54) is 11.3 Å². The number of hydrogen-bond donors (Lipinski definition) is 0. The van der Waals surface area contributed by atoms with E-state index in [4.69, 9.17) is 14.7 Å². The van der Waals surface area contributed by atoms with Crippen molar-refractivity contribution in [1.82, 2.24) is 0 Å². The number of carbonyl (C=O) groups excluding carboxylic acids is 1. The van der Waals surface area contributed by atoms with E-state index >= 15 is 0 Å². The molecule has 2 aromatic rings. The first kappa shape index (κ1) is 17.4. The van der Waals surface area contributed by atoms with Crippen LogP contribution >= 0.6 is 0 Å². The summed E-state index contributed by atoms with van der Waals surface area (Å²) in [6.45, 7) is 2.40. The van der Waals surface area contributed by atoms with Crippen LogP contribution in [0.3, 0.4) is 0 Å². The van der Waals surface area contributed by atoms with E-state index in [-0.39, 0.29) is 18.7 Å². The fourth-order valence-corrected chi connectivity index (χ4v) is 4.01. The van der Waals surface area contributed by atoms with Crippen molar-refractivity contribution in [2.75, 3.05) is 31.1 Å². The average molecular weight is 368 g/mol. The predicted octanol–water partition coefficient (Wildman–Crippen LogP) is 3.35. The van der Waals surface area contributed by atoms with Crippen LogP contribution in [0.4, 0.5) is 5.69 Å². The molecular weight excluding hydrogens is 348 g/mol. The lowest BCUT2D eigenvalue weighted by Crippen LogP contribution is -2.34. The van der Waals surface area contributed by atoms with Gasteiger partial charge < -0.3 is 14.1 Å². The summed E-state index contributed by atoms with van der Waals surface area (Å²) < 4.78 is 10.7. The van der Waals surface area contributed by atoms with Crippen molar-refractivity contribution in [3.05, 3.63) is 49.7 Å². The zero-order chi connectivity index (χ0) is 18.8. The van der Waals surface area contributed by atoms with Gasteiger partial charge in [-0.1, -0.05) is 5.11 Å². The van der Waals surface area contributed by atoms with Crippen molar-refractivity contribution < 1.29 is 13.9 Å². The van der Waals surface area contributed by atoms with Crippen LogP contribution in [0.15, 0.2) is 26.5 Å². The molecular formula is C19H20N4O4. The number of azide groups is 1. The predicted molar refractivity (Wildman–Crippen MR) is 100 cm³/mol. The minimum atomic E-state index is -0.709. The quantitative estimate of drug-likeness (QED) is 0.201. The lowest BCUT2D eigenvalue weighted by atomic mass is 9.90. The monoisotopic (exact) mass is 368 g/mol. The van der Waals surface area contributed by atoms with Gasteiger partial charge in [0.25, 0.3) is 0 Å². The number of rotatable bonds is 5. The minimum Gasteiger partial charge on any atom is -0.462 e.